The van der Waals surface area contributed by atoms with Crippen LogP contribution in [0.25, 0.3) is 0 Å². The van der Waals surface area contributed by atoms with Crippen molar-refractivity contribution in [3.8, 4) is 0 Å². The number of aliphatic imine (C=N–C) groups is 1. The number of nitrogens with zero attached hydrogens (tertiary/aromatic N) is 3. The highest BCUT2D eigenvalue weighted by Gasteiger charge is 2.25. The number of morpholine rings is 1. The minimum absolute atomic E-state index is 0.430. The molecule has 2 saturated heterocycles. The normalized spacial score (nSPS) is 22.5. The molecule has 1 aromatic carbocycles. The van der Waals surface area contributed by atoms with E-state index in [1.807, 2.05) is 0 Å². The van der Waals surface area contributed by atoms with Crippen LogP contribution < -0.4 is 15.5 Å². The Bertz CT molecular complexity index is 600. The van der Waals surface area contributed by atoms with Gasteiger partial charge in [-0.3, -0.25) is 9.89 Å². The number of rotatable bonds is 7. The van der Waals surface area contributed by atoms with E-state index in [0.717, 1.165) is 64.9 Å². The lowest BCUT2D eigenvalue weighted by Gasteiger charge is -2.36. The third kappa shape index (κ3) is 5.85. The van der Waals surface area contributed by atoms with Crippen LogP contribution in [-0.2, 0) is 4.74 Å². The average molecular weight is 388 g/mol. The van der Waals surface area contributed by atoms with Crippen molar-refractivity contribution in [2.45, 2.75) is 39.3 Å². The predicted molar refractivity (Wildman–Crippen MR) is 117 cm³/mol. The minimum atomic E-state index is 0.430. The third-order valence-electron chi connectivity index (χ3n) is 5.72. The second kappa shape index (κ2) is 10.7. The summed E-state index contributed by atoms with van der Waals surface area (Å²) in [4.78, 5) is 9.95. The molecule has 1 aromatic rings. The first kappa shape index (κ1) is 20.9. The van der Waals surface area contributed by atoms with Gasteiger partial charge in [-0.2, -0.15) is 0 Å². The zero-order valence-corrected chi connectivity index (χ0v) is 17.7. The summed E-state index contributed by atoms with van der Waals surface area (Å²) < 4.78 is 5.52. The molecule has 0 aromatic heterocycles. The van der Waals surface area contributed by atoms with Gasteiger partial charge in [-0.05, 0) is 31.4 Å². The summed E-state index contributed by atoms with van der Waals surface area (Å²) in [6, 6.07) is 11.6. The zero-order chi connectivity index (χ0) is 19.8. The van der Waals surface area contributed by atoms with Gasteiger partial charge in [0.2, 0.25) is 0 Å². The van der Waals surface area contributed by atoms with Crippen LogP contribution in [0, 0.1) is 5.92 Å². The van der Waals surface area contributed by atoms with Crippen LogP contribution in [0.2, 0.25) is 0 Å². The van der Waals surface area contributed by atoms with Crippen LogP contribution in [-0.4, -0.2) is 75.4 Å². The van der Waals surface area contributed by atoms with E-state index >= 15 is 0 Å². The Morgan fingerprint density at radius 2 is 1.93 bits per heavy atom. The molecule has 0 spiro atoms. The maximum atomic E-state index is 5.52. The van der Waals surface area contributed by atoms with Crippen LogP contribution in [0.5, 0.6) is 0 Å². The molecule has 2 aliphatic rings. The number of anilines is 1. The standard InChI is InChI=1S/C22H37N5O/c1-4-23-22(24-16-21(18(2)3)26-12-14-28-15-13-26)25-19-10-11-27(17-19)20-8-6-5-7-9-20/h5-9,18-19,21H,4,10-17H2,1-3H3,(H2,23,24,25). The van der Waals surface area contributed by atoms with Crippen molar-refractivity contribution in [2.24, 2.45) is 10.9 Å². The van der Waals surface area contributed by atoms with Crippen LogP contribution >= 0.6 is 0 Å². The van der Waals surface area contributed by atoms with Crippen molar-refractivity contribution in [3.63, 3.8) is 0 Å². The average Bonchev–Trinajstić information content (AvgIpc) is 3.18. The van der Waals surface area contributed by atoms with Gasteiger partial charge in [-0.15, -0.1) is 0 Å². The van der Waals surface area contributed by atoms with E-state index in [2.05, 4.69) is 71.5 Å². The molecule has 2 aliphatic heterocycles. The fourth-order valence-corrected chi connectivity index (χ4v) is 4.11. The van der Waals surface area contributed by atoms with Gasteiger partial charge < -0.3 is 20.3 Å². The summed E-state index contributed by atoms with van der Waals surface area (Å²) in [5.74, 6) is 1.52. The summed E-state index contributed by atoms with van der Waals surface area (Å²) in [5, 5.41) is 7.11. The molecule has 6 nitrogen and oxygen atoms in total. The summed E-state index contributed by atoms with van der Waals surface area (Å²) in [7, 11) is 0. The molecular formula is C22H37N5O. The molecule has 2 heterocycles. The molecule has 28 heavy (non-hydrogen) atoms. The summed E-state index contributed by atoms with van der Waals surface area (Å²) in [6.07, 6.45) is 1.14. The lowest BCUT2D eigenvalue weighted by Crippen LogP contribution is -2.49. The Morgan fingerprint density at radius 1 is 1.18 bits per heavy atom. The lowest BCUT2D eigenvalue weighted by molar-refractivity contribution is 0.00867. The quantitative estimate of drug-likeness (QED) is 0.555. The first-order valence-electron chi connectivity index (χ1n) is 10.8. The van der Waals surface area contributed by atoms with Crippen molar-refractivity contribution >= 4 is 11.6 Å². The van der Waals surface area contributed by atoms with Crippen molar-refractivity contribution in [3.05, 3.63) is 30.3 Å². The molecule has 2 fully saturated rings. The van der Waals surface area contributed by atoms with Gasteiger partial charge >= 0.3 is 0 Å². The number of guanidine groups is 1. The second-order valence-electron chi connectivity index (χ2n) is 8.09. The summed E-state index contributed by atoms with van der Waals surface area (Å²) in [5.41, 5.74) is 1.31. The van der Waals surface area contributed by atoms with E-state index in [0.29, 0.717) is 18.0 Å². The van der Waals surface area contributed by atoms with Gasteiger partial charge in [0.15, 0.2) is 5.96 Å². The van der Waals surface area contributed by atoms with Crippen LogP contribution in [0.3, 0.4) is 0 Å². The fraction of sp³-hybridized carbons (Fsp3) is 0.682. The molecule has 2 unspecified atom stereocenters. The number of ether oxygens (including phenoxy) is 1. The third-order valence-corrected chi connectivity index (χ3v) is 5.72. The Labute approximate surface area is 170 Å². The lowest BCUT2D eigenvalue weighted by atomic mass is 10.0. The van der Waals surface area contributed by atoms with Gasteiger partial charge in [0.1, 0.15) is 0 Å². The highest BCUT2D eigenvalue weighted by molar-refractivity contribution is 5.80. The number of hydrogen-bond acceptors (Lipinski definition) is 4. The molecular weight excluding hydrogens is 350 g/mol. The van der Waals surface area contributed by atoms with E-state index in [9.17, 15) is 0 Å². The SMILES string of the molecule is CCNC(=NCC(C(C)C)N1CCOCC1)NC1CCN(c2ccccc2)C1. The summed E-state index contributed by atoms with van der Waals surface area (Å²) >= 11 is 0. The molecule has 2 N–H and O–H groups in total. The number of benzene rings is 1. The van der Waals surface area contributed by atoms with Crippen LogP contribution in [0.15, 0.2) is 35.3 Å². The number of hydrogen-bond donors (Lipinski definition) is 2. The minimum Gasteiger partial charge on any atom is -0.379 e. The highest BCUT2D eigenvalue weighted by atomic mass is 16.5. The molecule has 0 aliphatic carbocycles. The predicted octanol–water partition coefficient (Wildman–Crippen LogP) is 2.18. The Balaban J connectivity index is 1.57. The van der Waals surface area contributed by atoms with E-state index in [1.54, 1.807) is 0 Å². The summed E-state index contributed by atoms with van der Waals surface area (Å²) in [6.45, 7) is 14.2. The van der Waals surface area contributed by atoms with Gasteiger partial charge in [0, 0.05) is 50.5 Å². The van der Waals surface area contributed by atoms with Gasteiger partial charge in [0.25, 0.3) is 0 Å². The first-order valence-corrected chi connectivity index (χ1v) is 10.8. The van der Waals surface area contributed by atoms with Crippen LogP contribution in [0.1, 0.15) is 27.2 Å². The van der Waals surface area contributed by atoms with Gasteiger partial charge in [0.05, 0.1) is 19.8 Å². The van der Waals surface area contributed by atoms with Crippen LogP contribution in [0.4, 0.5) is 5.69 Å². The van der Waals surface area contributed by atoms with E-state index in [-0.39, 0.29) is 0 Å². The van der Waals surface area contributed by atoms with Gasteiger partial charge in [-0.1, -0.05) is 32.0 Å². The molecule has 0 bridgehead atoms. The van der Waals surface area contributed by atoms with E-state index in [1.165, 1.54) is 5.69 Å². The smallest absolute Gasteiger partial charge is 0.191 e. The van der Waals surface area contributed by atoms with Crippen molar-refractivity contribution in [2.75, 3.05) is 57.4 Å². The molecule has 0 saturated carbocycles. The second-order valence-corrected chi connectivity index (χ2v) is 8.09. The maximum absolute atomic E-state index is 5.52. The molecule has 0 radical (unpaired) electrons. The highest BCUT2D eigenvalue weighted by Crippen LogP contribution is 2.19. The largest absolute Gasteiger partial charge is 0.379 e. The monoisotopic (exact) mass is 387 g/mol. The Morgan fingerprint density at radius 3 is 2.61 bits per heavy atom. The molecule has 6 heteroatoms. The Kier molecular flexibility index (Phi) is 7.98. The fourth-order valence-electron chi connectivity index (χ4n) is 4.11. The zero-order valence-electron chi connectivity index (χ0n) is 17.7. The van der Waals surface area contributed by atoms with Gasteiger partial charge in [-0.25, -0.2) is 0 Å². The first-order chi connectivity index (χ1) is 13.7. The van der Waals surface area contributed by atoms with E-state index < -0.39 is 0 Å². The van der Waals surface area contributed by atoms with Crippen molar-refractivity contribution in [1.82, 2.24) is 15.5 Å². The maximum Gasteiger partial charge on any atom is 0.191 e. The molecule has 0 amide bonds. The number of nitrogens with one attached hydrogen (secondary N) is 2. The number of para-hydroxylation sites is 1. The molecule has 2 atom stereocenters. The van der Waals surface area contributed by atoms with Crippen molar-refractivity contribution < 1.29 is 4.74 Å². The topological polar surface area (TPSA) is 52.1 Å². The molecule has 3 rings (SSSR count). The molecule has 156 valence electrons. The van der Waals surface area contributed by atoms with E-state index in [4.69, 9.17) is 9.73 Å². The van der Waals surface area contributed by atoms with Crippen molar-refractivity contribution in [1.29, 1.82) is 0 Å². The Hall–Kier alpha value is -1.79.